The maximum atomic E-state index is 12.3. The van der Waals surface area contributed by atoms with E-state index in [0.29, 0.717) is 24.4 Å². The number of carboxylic acids is 1. The van der Waals surface area contributed by atoms with Gasteiger partial charge in [0.05, 0.1) is 5.92 Å². The van der Waals surface area contributed by atoms with E-state index in [0.717, 1.165) is 57.1 Å². The van der Waals surface area contributed by atoms with Gasteiger partial charge in [0, 0.05) is 24.5 Å². The number of Topliss-reactive ketones (excluding diaryl/α,β-unsaturated/α-hetero) is 1. The molecule has 0 aromatic carbocycles. The zero-order valence-electron chi connectivity index (χ0n) is 15.6. The van der Waals surface area contributed by atoms with E-state index in [-0.39, 0.29) is 11.7 Å². The molecule has 0 radical (unpaired) electrons. The van der Waals surface area contributed by atoms with Crippen LogP contribution < -0.4 is 0 Å². The van der Waals surface area contributed by atoms with E-state index >= 15 is 0 Å². The molecule has 25 heavy (non-hydrogen) atoms. The molecule has 4 nitrogen and oxygen atoms in total. The van der Waals surface area contributed by atoms with E-state index in [1.165, 1.54) is 24.6 Å². The lowest BCUT2D eigenvalue weighted by molar-refractivity contribution is -0.148. The minimum absolute atomic E-state index is 0.134. The second-order valence-electron chi connectivity index (χ2n) is 7.14. The van der Waals surface area contributed by atoms with Crippen molar-refractivity contribution in [2.45, 2.75) is 90.4 Å². The summed E-state index contributed by atoms with van der Waals surface area (Å²) in [6.07, 6.45) is 11.5. The monoisotopic (exact) mass is 370 g/mol. The molecule has 0 saturated heterocycles. The van der Waals surface area contributed by atoms with Crippen molar-refractivity contribution < 1.29 is 19.5 Å². The van der Waals surface area contributed by atoms with Gasteiger partial charge in [0.25, 0.3) is 0 Å². The number of hydrogen-bond acceptors (Lipinski definition) is 4. The molecule has 0 aliphatic heterocycles. The van der Waals surface area contributed by atoms with Crippen molar-refractivity contribution in [2.75, 3.05) is 5.75 Å². The van der Waals surface area contributed by atoms with Gasteiger partial charge < -0.3 is 5.11 Å². The summed E-state index contributed by atoms with van der Waals surface area (Å²) in [6.45, 7) is 2.16. The second kappa shape index (κ2) is 13.4. The number of rotatable bonds is 13. The summed E-state index contributed by atoms with van der Waals surface area (Å²) in [6, 6.07) is 0. The van der Waals surface area contributed by atoms with Crippen molar-refractivity contribution in [1.82, 2.24) is 0 Å². The van der Waals surface area contributed by atoms with Gasteiger partial charge in [-0.15, -0.1) is 0 Å². The Morgan fingerprint density at radius 3 is 2.16 bits per heavy atom. The van der Waals surface area contributed by atoms with Crippen LogP contribution in [0.15, 0.2) is 0 Å². The van der Waals surface area contributed by atoms with Crippen LogP contribution in [0.5, 0.6) is 0 Å². The quantitative estimate of drug-likeness (QED) is 0.449. The van der Waals surface area contributed by atoms with Gasteiger partial charge in [0.15, 0.2) is 5.12 Å². The SMILES string of the molecule is CCCCCSC(=O)CCCCCCC(=O)C1CCCCC1C(=O)O. The highest BCUT2D eigenvalue weighted by Crippen LogP contribution is 2.32. The number of unbranched alkanes of at least 4 members (excludes halogenated alkanes) is 5. The number of aliphatic carboxylic acids is 1. The molecule has 1 N–H and O–H groups in total. The Labute approximate surface area is 156 Å². The minimum Gasteiger partial charge on any atom is -0.481 e. The highest BCUT2D eigenvalue weighted by atomic mass is 32.2. The number of carbonyl (C=O) groups excluding carboxylic acids is 2. The fourth-order valence-electron chi connectivity index (χ4n) is 3.53. The number of carbonyl (C=O) groups is 3. The van der Waals surface area contributed by atoms with E-state index < -0.39 is 11.9 Å². The van der Waals surface area contributed by atoms with Crippen molar-refractivity contribution in [1.29, 1.82) is 0 Å². The Hall–Kier alpha value is -0.840. The largest absolute Gasteiger partial charge is 0.481 e. The third kappa shape index (κ3) is 9.43. The molecular formula is C20H34O4S. The summed E-state index contributed by atoms with van der Waals surface area (Å²) in [7, 11) is 0. The van der Waals surface area contributed by atoms with E-state index in [4.69, 9.17) is 0 Å². The molecule has 0 aromatic heterocycles. The molecule has 1 saturated carbocycles. The summed E-state index contributed by atoms with van der Waals surface area (Å²) in [5.74, 6) is -0.480. The van der Waals surface area contributed by atoms with E-state index in [9.17, 15) is 19.5 Å². The van der Waals surface area contributed by atoms with Crippen LogP contribution in [0.2, 0.25) is 0 Å². The fraction of sp³-hybridized carbons (Fsp3) is 0.850. The average Bonchev–Trinajstić information content (AvgIpc) is 2.61. The summed E-state index contributed by atoms with van der Waals surface area (Å²) < 4.78 is 0. The summed E-state index contributed by atoms with van der Waals surface area (Å²) in [5, 5.41) is 9.55. The Morgan fingerprint density at radius 1 is 0.880 bits per heavy atom. The molecule has 1 rings (SSSR count). The molecule has 5 heteroatoms. The average molecular weight is 371 g/mol. The standard InChI is InChI=1S/C20H34O4S/c1-2-3-10-15-25-19(22)14-7-5-4-6-13-18(21)16-11-8-9-12-17(16)20(23)24/h16-17H,2-15H2,1H3,(H,23,24). The van der Waals surface area contributed by atoms with Gasteiger partial charge in [-0.25, -0.2) is 0 Å². The predicted molar refractivity (Wildman–Crippen MR) is 103 cm³/mol. The summed E-state index contributed by atoms with van der Waals surface area (Å²) in [4.78, 5) is 35.3. The Morgan fingerprint density at radius 2 is 1.52 bits per heavy atom. The Bertz CT molecular complexity index is 422. The molecule has 0 amide bonds. The molecule has 2 unspecified atom stereocenters. The molecular weight excluding hydrogens is 336 g/mol. The normalized spacial score (nSPS) is 20.4. The maximum Gasteiger partial charge on any atom is 0.307 e. The zero-order chi connectivity index (χ0) is 18.5. The number of carboxylic acid groups (broad SMARTS) is 1. The first-order valence-corrected chi connectivity index (χ1v) is 11.0. The Kier molecular flexibility index (Phi) is 11.9. The lowest BCUT2D eigenvalue weighted by Gasteiger charge is -2.27. The van der Waals surface area contributed by atoms with Crippen molar-refractivity contribution in [3.63, 3.8) is 0 Å². The topological polar surface area (TPSA) is 71.4 Å². The van der Waals surface area contributed by atoms with Crippen molar-refractivity contribution >= 4 is 28.6 Å². The fourth-order valence-corrected chi connectivity index (χ4v) is 4.39. The van der Waals surface area contributed by atoms with Crippen LogP contribution in [0.1, 0.15) is 90.4 Å². The number of thioether (sulfide) groups is 1. The molecule has 1 aliphatic rings. The van der Waals surface area contributed by atoms with E-state index in [2.05, 4.69) is 6.92 Å². The van der Waals surface area contributed by atoms with E-state index in [1.54, 1.807) is 0 Å². The minimum atomic E-state index is -0.812. The van der Waals surface area contributed by atoms with Crippen LogP contribution in [0.25, 0.3) is 0 Å². The van der Waals surface area contributed by atoms with Gasteiger partial charge in [-0.2, -0.15) is 0 Å². The summed E-state index contributed by atoms with van der Waals surface area (Å²) in [5.41, 5.74) is 0. The lowest BCUT2D eigenvalue weighted by atomic mass is 9.76. The lowest BCUT2D eigenvalue weighted by Crippen LogP contribution is -2.32. The van der Waals surface area contributed by atoms with Gasteiger partial charge in [-0.05, 0) is 32.1 Å². The molecule has 2 atom stereocenters. The molecule has 144 valence electrons. The van der Waals surface area contributed by atoms with Gasteiger partial charge >= 0.3 is 5.97 Å². The van der Waals surface area contributed by atoms with Crippen molar-refractivity contribution in [2.24, 2.45) is 11.8 Å². The van der Waals surface area contributed by atoms with Gasteiger partial charge in [-0.1, -0.05) is 57.2 Å². The van der Waals surface area contributed by atoms with E-state index in [1.807, 2.05) is 0 Å². The maximum absolute atomic E-state index is 12.3. The van der Waals surface area contributed by atoms with Crippen molar-refractivity contribution in [3.8, 4) is 0 Å². The van der Waals surface area contributed by atoms with Gasteiger partial charge in [-0.3, -0.25) is 14.4 Å². The van der Waals surface area contributed by atoms with Gasteiger partial charge in [0.1, 0.15) is 5.78 Å². The highest BCUT2D eigenvalue weighted by molar-refractivity contribution is 8.13. The van der Waals surface area contributed by atoms with Crippen LogP contribution in [-0.2, 0) is 14.4 Å². The van der Waals surface area contributed by atoms with Gasteiger partial charge in [0.2, 0.25) is 0 Å². The zero-order valence-corrected chi connectivity index (χ0v) is 16.5. The molecule has 0 bridgehead atoms. The molecule has 1 fully saturated rings. The first kappa shape index (κ1) is 22.2. The van der Waals surface area contributed by atoms with Crippen LogP contribution >= 0.6 is 11.8 Å². The molecule has 0 heterocycles. The van der Waals surface area contributed by atoms with Crippen LogP contribution in [0, 0.1) is 11.8 Å². The first-order valence-electron chi connectivity index (χ1n) is 9.97. The second-order valence-corrected chi connectivity index (χ2v) is 8.30. The van der Waals surface area contributed by atoms with Crippen LogP contribution in [0.3, 0.4) is 0 Å². The Balaban J connectivity index is 2.07. The third-order valence-corrected chi connectivity index (χ3v) is 6.08. The summed E-state index contributed by atoms with van der Waals surface area (Å²) >= 11 is 1.46. The van der Waals surface area contributed by atoms with Crippen molar-refractivity contribution in [3.05, 3.63) is 0 Å². The van der Waals surface area contributed by atoms with Crippen LogP contribution in [-0.4, -0.2) is 27.7 Å². The third-order valence-electron chi connectivity index (χ3n) is 5.06. The number of hydrogen-bond donors (Lipinski definition) is 1. The molecule has 0 aromatic rings. The first-order chi connectivity index (χ1) is 12.1. The predicted octanol–water partition coefficient (Wildman–Crippen LogP) is 5.24. The van der Waals surface area contributed by atoms with Crippen LogP contribution in [0.4, 0.5) is 0 Å². The highest BCUT2D eigenvalue weighted by Gasteiger charge is 2.34. The molecule has 1 aliphatic carbocycles. The molecule has 0 spiro atoms. The number of ketones is 1. The smallest absolute Gasteiger partial charge is 0.307 e.